The van der Waals surface area contributed by atoms with Crippen molar-refractivity contribution >= 4 is 28.8 Å². The summed E-state index contributed by atoms with van der Waals surface area (Å²) in [6.07, 6.45) is 2.09. The molecule has 0 aliphatic heterocycles. The molecule has 18 heavy (non-hydrogen) atoms. The van der Waals surface area contributed by atoms with Crippen LogP contribution in [-0.4, -0.2) is 11.2 Å². The Labute approximate surface area is 117 Å². The third-order valence-electron chi connectivity index (χ3n) is 2.81. The number of nitrogens with one attached hydrogen (secondary N) is 1. The van der Waals surface area contributed by atoms with Gasteiger partial charge in [0.05, 0.1) is 16.7 Å². The van der Waals surface area contributed by atoms with Gasteiger partial charge >= 0.3 is 0 Å². The van der Waals surface area contributed by atoms with Gasteiger partial charge in [0.2, 0.25) is 0 Å². The molecule has 1 heterocycles. The van der Waals surface area contributed by atoms with Crippen LogP contribution in [-0.2, 0) is 0 Å². The van der Waals surface area contributed by atoms with Gasteiger partial charge in [-0.15, -0.1) is 23.1 Å². The van der Waals surface area contributed by atoms with E-state index >= 15 is 0 Å². The van der Waals surface area contributed by atoms with Crippen LogP contribution in [0.25, 0.3) is 0 Å². The molecule has 2 nitrogen and oxygen atoms in total. The van der Waals surface area contributed by atoms with Gasteiger partial charge in [-0.1, -0.05) is 0 Å². The molecule has 0 radical (unpaired) electrons. The molecule has 1 atom stereocenters. The molecule has 96 valence electrons. The van der Waals surface area contributed by atoms with Gasteiger partial charge in [0.15, 0.2) is 0 Å². The van der Waals surface area contributed by atoms with Crippen molar-refractivity contribution in [2.75, 3.05) is 11.6 Å². The SMILES string of the molecule is CSc1ccc(NC(C)c2sc(C)nc2C)cc1. The highest BCUT2D eigenvalue weighted by molar-refractivity contribution is 7.98. The Bertz CT molecular complexity index is 517. The van der Waals surface area contributed by atoms with Gasteiger partial charge in [0.1, 0.15) is 0 Å². The maximum absolute atomic E-state index is 4.48. The standard InChI is InChI=1S/C14H18N2S2/c1-9-14(18-11(3)15-9)10(2)16-12-5-7-13(17-4)8-6-12/h5-8,10,16H,1-4H3. The smallest absolute Gasteiger partial charge is 0.0900 e. The number of rotatable bonds is 4. The minimum absolute atomic E-state index is 0.302. The molecule has 4 heteroatoms. The molecule has 1 N–H and O–H groups in total. The Hall–Kier alpha value is -1.00. The van der Waals surface area contributed by atoms with E-state index in [1.807, 2.05) is 0 Å². The van der Waals surface area contributed by atoms with Crippen LogP contribution < -0.4 is 5.32 Å². The quantitative estimate of drug-likeness (QED) is 0.824. The van der Waals surface area contributed by atoms with Gasteiger partial charge in [-0.25, -0.2) is 4.98 Å². The van der Waals surface area contributed by atoms with E-state index in [-0.39, 0.29) is 0 Å². The van der Waals surface area contributed by atoms with Gasteiger partial charge in [-0.2, -0.15) is 0 Å². The summed E-state index contributed by atoms with van der Waals surface area (Å²) in [4.78, 5) is 7.09. The molecule has 0 aliphatic carbocycles. The van der Waals surface area contributed by atoms with E-state index in [0.717, 1.165) is 16.4 Å². The number of benzene rings is 1. The number of aromatic nitrogens is 1. The first-order chi connectivity index (χ1) is 8.60. The van der Waals surface area contributed by atoms with Crippen LogP contribution >= 0.6 is 23.1 Å². The molecule has 1 aromatic heterocycles. The van der Waals surface area contributed by atoms with E-state index in [0.29, 0.717) is 6.04 Å². The van der Waals surface area contributed by atoms with Crippen molar-refractivity contribution in [3.05, 3.63) is 39.8 Å². The number of hydrogen-bond acceptors (Lipinski definition) is 4. The van der Waals surface area contributed by atoms with Crippen molar-refractivity contribution in [2.45, 2.75) is 31.7 Å². The van der Waals surface area contributed by atoms with Crippen molar-refractivity contribution in [2.24, 2.45) is 0 Å². The molecule has 0 aliphatic rings. The average molecular weight is 278 g/mol. The largest absolute Gasteiger partial charge is 0.378 e. The zero-order chi connectivity index (χ0) is 13.1. The second kappa shape index (κ2) is 5.76. The predicted octanol–water partition coefficient (Wildman–Crippen LogP) is 4.65. The normalized spacial score (nSPS) is 12.4. The van der Waals surface area contributed by atoms with Crippen LogP contribution in [0.1, 0.15) is 28.5 Å². The lowest BCUT2D eigenvalue weighted by molar-refractivity contribution is 0.889. The summed E-state index contributed by atoms with van der Waals surface area (Å²) in [7, 11) is 0. The summed E-state index contributed by atoms with van der Waals surface area (Å²) in [5.74, 6) is 0. The lowest BCUT2D eigenvalue weighted by atomic mass is 10.2. The van der Waals surface area contributed by atoms with Gasteiger partial charge in [0, 0.05) is 15.5 Å². The minimum Gasteiger partial charge on any atom is -0.378 e. The van der Waals surface area contributed by atoms with Gasteiger partial charge < -0.3 is 5.32 Å². The van der Waals surface area contributed by atoms with Crippen LogP contribution in [0.4, 0.5) is 5.69 Å². The number of hydrogen-bond donors (Lipinski definition) is 1. The Morgan fingerprint density at radius 3 is 2.39 bits per heavy atom. The van der Waals surface area contributed by atoms with Gasteiger partial charge in [-0.3, -0.25) is 0 Å². The molecule has 1 aromatic carbocycles. The van der Waals surface area contributed by atoms with Crippen LogP contribution in [0, 0.1) is 13.8 Å². The highest BCUT2D eigenvalue weighted by atomic mass is 32.2. The number of aryl methyl sites for hydroxylation is 2. The van der Waals surface area contributed by atoms with E-state index in [2.05, 4.69) is 61.6 Å². The highest BCUT2D eigenvalue weighted by Crippen LogP contribution is 2.28. The Kier molecular flexibility index (Phi) is 4.30. The zero-order valence-corrected chi connectivity index (χ0v) is 12.8. The second-order valence-electron chi connectivity index (χ2n) is 4.28. The molecule has 2 aromatic rings. The van der Waals surface area contributed by atoms with E-state index in [4.69, 9.17) is 0 Å². The molecular formula is C14H18N2S2. The zero-order valence-electron chi connectivity index (χ0n) is 11.2. The average Bonchev–Trinajstić information content (AvgIpc) is 2.69. The fourth-order valence-electron chi connectivity index (χ4n) is 1.95. The topological polar surface area (TPSA) is 24.9 Å². The van der Waals surface area contributed by atoms with E-state index < -0.39 is 0 Å². The molecule has 0 fully saturated rings. The first-order valence-electron chi connectivity index (χ1n) is 5.94. The van der Waals surface area contributed by atoms with E-state index in [1.54, 1.807) is 23.1 Å². The monoisotopic (exact) mass is 278 g/mol. The van der Waals surface area contributed by atoms with Crippen LogP contribution in [0.5, 0.6) is 0 Å². The minimum atomic E-state index is 0.302. The third-order valence-corrected chi connectivity index (χ3v) is 4.81. The van der Waals surface area contributed by atoms with Crippen LogP contribution in [0.2, 0.25) is 0 Å². The molecular weight excluding hydrogens is 260 g/mol. The number of thioether (sulfide) groups is 1. The Balaban J connectivity index is 2.10. The summed E-state index contributed by atoms with van der Waals surface area (Å²) >= 11 is 3.53. The first kappa shape index (κ1) is 13.4. The third kappa shape index (κ3) is 3.06. The van der Waals surface area contributed by atoms with Gasteiger partial charge in [-0.05, 0) is 51.3 Å². The summed E-state index contributed by atoms with van der Waals surface area (Å²) in [6.45, 7) is 6.32. The lowest BCUT2D eigenvalue weighted by Gasteiger charge is -2.14. The molecule has 1 unspecified atom stereocenters. The van der Waals surface area contributed by atoms with Gasteiger partial charge in [0.25, 0.3) is 0 Å². The molecule has 0 saturated heterocycles. The molecule has 0 saturated carbocycles. The van der Waals surface area contributed by atoms with Crippen molar-refractivity contribution in [1.29, 1.82) is 0 Å². The number of thiazole rings is 1. The summed E-state index contributed by atoms with van der Waals surface area (Å²) in [5, 5.41) is 4.66. The Morgan fingerprint density at radius 2 is 1.89 bits per heavy atom. The lowest BCUT2D eigenvalue weighted by Crippen LogP contribution is -2.06. The first-order valence-corrected chi connectivity index (χ1v) is 7.99. The van der Waals surface area contributed by atoms with Crippen molar-refractivity contribution < 1.29 is 0 Å². The maximum atomic E-state index is 4.48. The van der Waals surface area contributed by atoms with Crippen molar-refractivity contribution in [3.8, 4) is 0 Å². The molecule has 0 amide bonds. The Morgan fingerprint density at radius 1 is 1.22 bits per heavy atom. The molecule has 0 spiro atoms. The highest BCUT2D eigenvalue weighted by Gasteiger charge is 2.12. The van der Waals surface area contributed by atoms with Crippen LogP contribution in [0.3, 0.4) is 0 Å². The number of nitrogens with zero attached hydrogens (tertiary/aromatic N) is 1. The molecule has 2 rings (SSSR count). The second-order valence-corrected chi connectivity index (χ2v) is 6.39. The number of anilines is 1. The molecule has 0 bridgehead atoms. The fraction of sp³-hybridized carbons (Fsp3) is 0.357. The van der Waals surface area contributed by atoms with Crippen molar-refractivity contribution in [3.63, 3.8) is 0 Å². The summed E-state index contributed by atoms with van der Waals surface area (Å²) in [6, 6.07) is 8.85. The summed E-state index contributed by atoms with van der Waals surface area (Å²) in [5.41, 5.74) is 2.30. The van der Waals surface area contributed by atoms with Crippen LogP contribution in [0.15, 0.2) is 29.2 Å². The fourth-order valence-corrected chi connectivity index (χ4v) is 3.29. The van der Waals surface area contributed by atoms with E-state index in [9.17, 15) is 0 Å². The summed E-state index contributed by atoms with van der Waals surface area (Å²) < 4.78 is 0. The van der Waals surface area contributed by atoms with E-state index in [1.165, 1.54) is 9.77 Å². The van der Waals surface area contributed by atoms with Crippen molar-refractivity contribution in [1.82, 2.24) is 4.98 Å². The predicted molar refractivity (Wildman–Crippen MR) is 81.8 cm³/mol. The maximum Gasteiger partial charge on any atom is 0.0900 e.